The highest BCUT2D eigenvalue weighted by Gasteiger charge is 2.20. The van der Waals surface area contributed by atoms with Crippen LogP contribution in [0.4, 0.5) is 0 Å². The van der Waals surface area contributed by atoms with E-state index in [1.54, 1.807) is 13.0 Å². The summed E-state index contributed by atoms with van der Waals surface area (Å²) in [5, 5.41) is 8.36. The quantitative estimate of drug-likeness (QED) is 0.638. The van der Waals surface area contributed by atoms with E-state index in [2.05, 4.69) is 10.3 Å². The predicted octanol–water partition coefficient (Wildman–Crippen LogP) is 3.66. The summed E-state index contributed by atoms with van der Waals surface area (Å²) in [6.45, 7) is 1.77. The number of carbonyl (C=O) groups is 1. The third-order valence-corrected chi connectivity index (χ3v) is 4.31. The maximum Gasteiger partial charge on any atom is 0.191 e. The molecule has 0 amide bonds. The van der Waals surface area contributed by atoms with Gasteiger partial charge in [0, 0.05) is 24.7 Å². The third-order valence-electron chi connectivity index (χ3n) is 4.31. The van der Waals surface area contributed by atoms with Crippen molar-refractivity contribution >= 4 is 11.9 Å². The number of rotatable bonds is 4. The Balaban J connectivity index is 1.81. The van der Waals surface area contributed by atoms with Crippen LogP contribution in [-0.2, 0) is 7.05 Å². The SMILES string of the molecule is Cc1nocc1C(=O)C=Cc1cn(C)nc1C1CCCCC1. The minimum atomic E-state index is -0.0859. The summed E-state index contributed by atoms with van der Waals surface area (Å²) in [4.78, 5) is 12.2. The fraction of sp³-hybridized carbons (Fsp3) is 0.471. The van der Waals surface area contributed by atoms with Gasteiger partial charge in [0.05, 0.1) is 17.0 Å². The van der Waals surface area contributed by atoms with Crippen LogP contribution in [0, 0.1) is 6.92 Å². The van der Waals surface area contributed by atoms with E-state index in [4.69, 9.17) is 4.52 Å². The van der Waals surface area contributed by atoms with E-state index in [-0.39, 0.29) is 5.78 Å². The van der Waals surface area contributed by atoms with E-state index >= 15 is 0 Å². The van der Waals surface area contributed by atoms with Gasteiger partial charge < -0.3 is 4.52 Å². The molecule has 0 bridgehead atoms. The summed E-state index contributed by atoms with van der Waals surface area (Å²) in [6, 6.07) is 0. The number of hydrogen-bond acceptors (Lipinski definition) is 4. The number of aryl methyl sites for hydroxylation is 2. The first-order valence-electron chi connectivity index (χ1n) is 7.82. The Morgan fingerprint density at radius 3 is 2.82 bits per heavy atom. The Bertz CT molecular complexity index is 691. The molecule has 0 unspecified atom stereocenters. The Kier molecular flexibility index (Phi) is 4.22. The molecule has 3 rings (SSSR count). The average molecular weight is 299 g/mol. The Hall–Kier alpha value is -2.17. The van der Waals surface area contributed by atoms with Crippen LogP contribution < -0.4 is 0 Å². The second-order valence-corrected chi connectivity index (χ2v) is 5.99. The lowest BCUT2D eigenvalue weighted by molar-refractivity contribution is 0.104. The molecule has 0 aliphatic heterocycles. The summed E-state index contributed by atoms with van der Waals surface area (Å²) in [5.41, 5.74) is 3.29. The number of allylic oxidation sites excluding steroid dienone is 1. The van der Waals surface area contributed by atoms with Gasteiger partial charge in [-0.1, -0.05) is 24.4 Å². The Morgan fingerprint density at radius 2 is 2.14 bits per heavy atom. The Labute approximate surface area is 130 Å². The minimum Gasteiger partial charge on any atom is -0.364 e. The van der Waals surface area contributed by atoms with Crippen molar-refractivity contribution in [2.75, 3.05) is 0 Å². The van der Waals surface area contributed by atoms with Gasteiger partial charge in [-0.05, 0) is 31.9 Å². The molecule has 1 aliphatic carbocycles. The fourth-order valence-corrected chi connectivity index (χ4v) is 3.13. The van der Waals surface area contributed by atoms with Gasteiger partial charge in [0.15, 0.2) is 5.78 Å². The van der Waals surface area contributed by atoms with Crippen molar-refractivity contribution in [1.29, 1.82) is 0 Å². The van der Waals surface area contributed by atoms with Gasteiger partial charge in [-0.2, -0.15) is 5.10 Å². The van der Waals surface area contributed by atoms with E-state index in [9.17, 15) is 4.79 Å². The summed E-state index contributed by atoms with van der Waals surface area (Å²) in [7, 11) is 1.93. The molecule has 5 nitrogen and oxygen atoms in total. The predicted molar refractivity (Wildman–Crippen MR) is 83.6 cm³/mol. The molecule has 0 N–H and O–H groups in total. The maximum absolute atomic E-state index is 12.2. The van der Waals surface area contributed by atoms with Crippen molar-refractivity contribution in [1.82, 2.24) is 14.9 Å². The molecule has 1 aliphatic rings. The lowest BCUT2D eigenvalue weighted by Gasteiger charge is -2.20. The van der Waals surface area contributed by atoms with Gasteiger partial charge in [0.2, 0.25) is 0 Å². The lowest BCUT2D eigenvalue weighted by atomic mass is 9.85. The molecular weight excluding hydrogens is 278 g/mol. The van der Waals surface area contributed by atoms with Crippen LogP contribution in [0.15, 0.2) is 23.1 Å². The number of ketones is 1. The van der Waals surface area contributed by atoms with Crippen LogP contribution in [0.1, 0.15) is 65.3 Å². The van der Waals surface area contributed by atoms with E-state index < -0.39 is 0 Å². The first-order chi connectivity index (χ1) is 10.6. The number of nitrogens with zero attached hydrogens (tertiary/aromatic N) is 3. The second-order valence-electron chi connectivity index (χ2n) is 5.99. The summed E-state index contributed by atoms with van der Waals surface area (Å²) >= 11 is 0. The number of aromatic nitrogens is 3. The highest BCUT2D eigenvalue weighted by atomic mass is 16.5. The molecule has 2 aromatic heterocycles. The van der Waals surface area contributed by atoms with Crippen molar-refractivity contribution in [2.45, 2.75) is 44.9 Å². The first-order valence-corrected chi connectivity index (χ1v) is 7.82. The molecule has 0 saturated heterocycles. The molecule has 116 valence electrons. The molecule has 0 aromatic carbocycles. The summed E-state index contributed by atoms with van der Waals surface area (Å²) < 4.78 is 6.65. The molecule has 0 spiro atoms. The van der Waals surface area contributed by atoms with Crippen molar-refractivity contribution in [2.24, 2.45) is 7.05 Å². The Morgan fingerprint density at radius 1 is 1.36 bits per heavy atom. The zero-order valence-electron chi connectivity index (χ0n) is 13.1. The summed E-state index contributed by atoms with van der Waals surface area (Å²) in [6.07, 6.45) is 13.1. The van der Waals surface area contributed by atoms with Crippen molar-refractivity contribution in [3.8, 4) is 0 Å². The minimum absolute atomic E-state index is 0.0859. The smallest absolute Gasteiger partial charge is 0.191 e. The third kappa shape index (κ3) is 3.03. The van der Waals surface area contributed by atoms with Crippen molar-refractivity contribution < 1.29 is 9.32 Å². The van der Waals surface area contributed by atoms with Crippen LogP contribution in [0.3, 0.4) is 0 Å². The van der Waals surface area contributed by atoms with Crippen LogP contribution in [-0.4, -0.2) is 20.7 Å². The van der Waals surface area contributed by atoms with Gasteiger partial charge in [-0.3, -0.25) is 9.48 Å². The zero-order valence-corrected chi connectivity index (χ0v) is 13.1. The van der Waals surface area contributed by atoms with Gasteiger partial charge in [-0.15, -0.1) is 0 Å². The van der Waals surface area contributed by atoms with Crippen molar-refractivity contribution in [3.05, 3.63) is 41.1 Å². The molecule has 1 saturated carbocycles. The van der Waals surface area contributed by atoms with Crippen LogP contribution in [0.2, 0.25) is 0 Å². The van der Waals surface area contributed by atoms with E-state index in [0.717, 1.165) is 11.3 Å². The van der Waals surface area contributed by atoms with Crippen LogP contribution in [0.25, 0.3) is 6.08 Å². The number of carbonyl (C=O) groups excluding carboxylic acids is 1. The van der Waals surface area contributed by atoms with Gasteiger partial charge in [0.1, 0.15) is 6.26 Å². The van der Waals surface area contributed by atoms with E-state index in [1.165, 1.54) is 38.4 Å². The average Bonchev–Trinajstić information content (AvgIpc) is 3.11. The van der Waals surface area contributed by atoms with Crippen LogP contribution >= 0.6 is 0 Å². The fourth-order valence-electron chi connectivity index (χ4n) is 3.13. The van der Waals surface area contributed by atoms with E-state index in [1.807, 2.05) is 24.0 Å². The topological polar surface area (TPSA) is 60.9 Å². The normalized spacial score (nSPS) is 16.5. The van der Waals surface area contributed by atoms with Gasteiger partial charge >= 0.3 is 0 Å². The highest BCUT2D eigenvalue weighted by Crippen LogP contribution is 2.33. The highest BCUT2D eigenvalue weighted by molar-refractivity contribution is 6.07. The molecule has 22 heavy (non-hydrogen) atoms. The standard InChI is InChI=1S/C17H21N3O2/c1-12-15(11-22-19-12)16(21)9-8-14-10-20(2)18-17(14)13-6-4-3-5-7-13/h8-11,13H,3-7H2,1-2H3. The molecule has 2 heterocycles. The monoisotopic (exact) mass is 299 g/mol. The van der Waals surface area contributed by atoms with Gasteiger partial charge in [-0.25, -0.2) is 0 Å². The molecular formula is C17H21N3O2. The number of hydrogen-bond donors (Lipinski definition) is 0. The largest absolute Gasteiger partial charge is 0.364 e. The molecule has 0 radical (unpaired) electrons. The van der Waals surface area contributed by atoms with Crippen molar-refractivity contribution in [3.63, 3.8) is 0 Å². The lowest BCUT2D eigenvalue weighted by Crippen LogP contribution is -2.07. The van der Waals surface area contributed by atoms with E-state index in [0.29, 0.717) is 17.2 Å². The second kappa shape index (κ2) is 6.30. The molecule has 0 atom stereocenters. The summed E-state index contributed by atoms with van der Waals surface area (Å²) in [5.74, 6) is 0.430. The first kappa shape index (κ1) is 14.8. The molecule has 1 fully saturated rings. The van der Waals surface area contributed by atoms with Crippen LogP contribution in [0.5, 0.6) is 0 Å². The molecule has 2 aromatic rings. The zero-order chi connectivity index (χ0) is 15.5. The molecule has 5 heteroatoms. The van der Waals surface area contributed by atoms with Gasteiger partial charge in [0.25, 0.3) is 0 Å². The maximum atomic E-state index is 12.2.